The van der Waals surface area contributed by atoms with Crippen molar-refractivity contribution in [2.45, 2.75) is 27.7 Å². The number of benzene rings is 1. The van der Waals surface area contributed by atoms with Crippen LogP contribution in [0.3, 0.4) is 0 Å². The van der Waals surface area contributed by atoms with Gasteiger partial charge in [-0.15, -0.1) is 0 Å². The zero-order valence-electron chi connectivity index (χ0n) is 18.2. The Bertz CT molecular complexity index is 1060. The Morgan fingerprint density at radius 1 is 1.23 bits per heavy atom. The van der Waals surface area contributed by atoms with E-state index in [-0.39, 0.29) is 5.41 Å². The van der Waals surface area contributed by atoms with Crippen molar-refractivity contribution >= 4 is 23.3 Å². The maximum Gasteiger partial charge on any atom is 0.226 e. The van der Waals surface area contributed by atoms with E-state index in [1.807, 2.05) is 37.1 Å². The lowest BCUT2D eigenvalue weighted by molar-refractivity contribution is 0.417. The molecule has 30 heavy (non-hydrogen) atoms. The van der Waals surface area contributed by atoms with Gasteiger partial charge in [0, 0.05) is 31.9 Å². The van der Waals surface area contributed by atoms with Gasteiger partial charge in [-0.05, 0) is 24.0 Å². The van der Waals surface area contributed by atoms with Gasteiger partial charge in [0.2, 0.25) is 5.95 Å². The molecular formula is C21H27N9. The quantitative estimate of drug-likeness (QED) is 0.568. The Morgan fingerprint density at radius 2 is 2.00 bits per heavy atom. The molecule has 2 aromatic heterocycles. The lowest BCUT2D eigenvalue weighted by Crippen LogP contribution is -2.30. The van der Waals surface area contributed by atoms with Gasteiger partial charge >= 0.3 is 0 Å². The first-order valence-corrected chi connectivity index (χ1v) is 9.66. The van der Waals surface area contributed by atoms with Gasteiger partial charge in [0.1, 0.15) is 18.0 Å². The number of H-pyrrole nitrogens is 1. The Labute approximate surface area is 176 Å². The molecule has 0 unspecified atom stereocenters. The van der Waals surface area contributed by atoms with Gasteiger partial charge in [-0.1, -0.05) is 32.9 Å². The Kier molecular flexibility index (Phi) is 5.87. The fourth-order valence-corrected chi connectivity index (χ4v) is 3.19. The summed E-state index contributed by atoms with van der Waals surface area (Å²) in [6, 6.07) is 8.18. The number of hydrogen-bond acceptors (Lipinski definition) is 8. The molecule has 0 radical (unpaired) electrons. The molecule has 0 atom stereocenters. The molecule has 0 amide bonds. The average Bonchev–Trinajstić information content (AvgIpc) is 3.22. The molecule has 1 aromatic carbocycles. The van der Waals surface area contributed by atoms with Crippen LogP contribution in [0.1, 0.15) is 31.9 Å². The van der Waals surface area contributed by atoms with Gasteiger partial charge in [-0.2, -0.15) is 20.3 Å². The van der Waals surface area contributed by atoms with Crippen LogP contribution in [-0.2, 0) is 0 Å². The summed E-state index contributed by atoms with van der Waals surface area (Å²) in [5, 5.41) is 23.0. The van der Waals surface area contributed by atoms with Crippen LogP contribution in [0, 0.1) is 23.7 Å². The van der Waals surface area contributed by atoms with Gasteiger partial charge in [-0.25, -0.2) is 4.98 Å². The normalized spacial score (nSPS) is 11.1. The maximum atomic E-state index is 9.92. The molecule has 9 heteroatoms. The number of nitriles is 1. The van der Waals surface area contributed by atoms with Crippen LogP contribution in [0.2, 0.25) is 0 Å². The Hall–Kier alpha value is -3.67. The van der Waals surface area contributed by atoms with E-state index < -0.39 is 0 Å². The highest BCUT2D eigenvalue weighted by atomic mass is 15.2. The van der Waals surface area contributed by atoms with Crippen LogP contribution in [0.25, 0.3) is 11.4 Å². The van der Waals surface area contributed by atoms with Gasteiger partial charge in [0.05, 0.1) is 0 Å². The second kappa shape index (κ2) is 8.37. The summed E-state index contributed by atoms with van der Waals surface area (Å²) >= 11 is 0. The summed E-state index contributed by atoms with van der Waals surface area (Å²) in [7, 11) is 3.70. The summed E-state index contributed by atoms with van der Waals surface area (Å²) in [5.41, 5.74) is 3.15. The van der Waals surface area contributed by atoms with E-state index in [1.54, 1.807) is 7.05 Å². The van der Waals surface area contributed by atoms with Crippen LogP contribution >= 0.6 is 0 Å². The number of nitrogens with zero attached hydrogens (tertiary/aromatic N) is 6. The molecule has 9 nitrogen and oxygen atoms in total. The lowest BCUT2D eigenvalue weighted by Gasteiger charge is -2.28. The third-order valence-corrected chi connectivity index (χ3v) is 4.48. The smallest absolute Gasteiger partial charge is 0.226 e. The summed E-state index contributed by atoms with van der Waals surface area (Å²) in [6.45, 7) is 9.17. The molecule has 0 fully saturated rings. The highest BCUT2D eigenvalue weighted by Crippen LogP contribution is 2.31. The third kappa shape index (κ3) is 4.66. The number of aryl methyl sites for hydroxylation is 1. The lowest BCUT2D eigenvalue weighted by atomic mass is 9.96. The largest absolute Gasteiger partial charge is 0.358 e. The highest BCUT2D eigenvalue weighted by molar-refractivity contribution is 5.75. The van der Waals surface area contributed by atoms with Crippen LogP contribution in [-0.4, -0.2) is 45.8 Å². The zero-order chi connectivity index (χ0) is 21.9. The van der Waals surface area contributed by atoms with Crippen LogP contribution in [0.5, 0.6) is 0 Å². The second-order valence-electron chi connectivity index (χ2n) is 8.36. The molecule has 0 spiro atoms. The molecule has 0 aliphatic rings. The van der Waals surface area contributed by atoms with E-state index in [2.05, 4.69) is 62.6 Å². The van der Waals surface area contributed by atoms with E-state index in [0.29, 0.717) is 29.0 Å². The van der Waals surface area contributed by atoms with Crippen molar-refractivity contribution < 1.29 is 0 Å². The molecule has 0 bridgehead atoms. The molecule has 0 aliphatic heterocycles. The molecule has 3 rings (SSSR count). The van der Waals surface area contributed by atoms with Gasteiger partial charge in [-0.3, -0.25) is 5.10 Å². The summed E-state index contributed by atoms with van der Waals surface area (Å²) in [6.07, 6.45) is 1.47. The number of aromatic amines is 1. The number of aromatic nitrogens is 5. The predicted molar refractivity (Wildman–Crippen MR) is 119 cm³/mol. The average molecular weight is 406 g/mol. The minimum Gasteiger partial charge on any atom is -0.358 e. The van der Waals surface area contributed by atoms with Crippen molar-refractivity contribution in [3.05, 3.63) is 35.7 Å². The van der Waals surface area contributed by atoms with E-state index in [1.165, 1.54) is 6.33 Å². The van der Waals surface area contributed by atoms with E-state index in [0.717, 1.165) is 23.4 Å². The first kappa shape index (κ1) is 21.0. The van der Waals surface area contributed by atoms with Crippen LogP contribution < -0.4 is 15.5 Å². The molecule has 0 saturated carbocycles. The minimum absolute atomic E-state index is 0.0435. The maximum absolute atomic E-state index is 9.92. The van der Waals surface area contributed by atoms with E-state index in [4.69, 9.17) is 0 Å². The number of hydrogen-bond donors (Lipinski definition) is 3. The molecule has 3 N–H and O–H groups in total. The molecule has 156 valence electrons. The monoisotopic (exact) mass is 405 g/mol. The fourth-order valence-electron chi connectivity index (χ4n) is 3.19. The van der Waals surface area contributed by atoms with E-state index >= 15 is 0 Å². The van der Waals surface area contributed by atoms with Crippen molar-refractivity contribution in [3.63, 3.8) is 0 Å². The molecule has 0 saturated heterocycles. The van der Waals surface area contributed by atoms with Gasteiger partial charge < -0.3 is 15.5 Å². The number of rotatable bonds is 6. The van der Waals surface area contributed by atoms with Crippen LogP contribution in [0.15, 0.2) is 24.5 Å². The van der Waals surface area contributed by atoms with Crippen molar-refractivity contribution in [2.75, 3.05) is 36.2 Å². The molecule has 3 aromatic rings. The second-order valence-corrected chi connectivity index (χ2v) is 8.36. The zero-order valence-corrected chi connectivity index (χ0v) is 18.2. The van der Waals surface area contributed by atoms with Crippen LogP contribution in [0.4, 0.5) is 23.3 Å². The van der Waals surface area contributed by atoms with E-state index in [9.17, 15) is 5.26 Å². The summed E-state index contributed by atoms with van der Waals surface area (Å²) < 4.78 is 0. The summed E-state index contributed by atoms with van der Waals surface area (Å²) in [4.78, 5) is 15.3. The fraction of sp³-hybridized carbons (Fsp3) is 0.381. The van der Waals surface area contributed by atoms with Gasteiger partial charge in [0.15, 0.2) is 17.5 Å². The summed E-state index contributed by atoms with van der Waals surface area (Å²) in [5.74, 6) is 2.14. The van der Waals surface area contributed by atoms with Crippen molar-refractivity contribution in [1.82, 2.24) is 25.1 Å². The van der Waals surface area contributed by atoms with Crippen molar-refractivity contribution in [3.8, 4) is 17.5 Å². The number of nitrogens with one attached hydrogen (secondary N) is 3. The standard InChI is InChI=1S/C21H27N9/c1-13-7-8-14(17-24-12-25-29-17)9-16(13)26-18-15(10-22)19(28-20(23-5)27-18)30(6)11-21(2,3)4/h7-9,12H,11H2,1-6H3,(H,24,25,29)(H2,23,26,27,28). The first-order chi connectivity index (χ1) is 14.2. The van der Waals surface area contributed by atoms with Crippen molar-refractivity contribution in [1.29, 1.82) is 5.26 Å². The molecule has 0 aliphatic carbocycles. The highest BCUT2D eigenvalue weighted by Gasteiger charge is 2.22. The van der Waals surface area contributed by atoms with Gasteiger partial charge in [0.25, 0.3) is 0 Å². The number of anilines is 4. The first-order valence-electron chi connectivity index (χ1n) is 9.66. The molecular weight excluding hydrogens is 378 g/mol. The Balaban J connectivity index is 2.05. The topological polar surface area (TPSA) is 118 Å². The minimum atomic E-state index is 0.0435. The molecule has 2 heterocycles. The predicted octanol–water partition coefficient (Wildman–Crippen LogP) is 3.71. The Morgan fingerprint density at radius 3 is 2.60 bits per heavy atom. The SMILES string of the molecule is CNc1nc(Nc2cc(-c3ncn[nH]3)ccc2C)c(C#N)c(N(C)CC(C)(C)C)n1. The third-order valence-electron chi connectivity index (χ3n) is 4.48. The van der Waals surface area contributed by atoms with Crippen molar-refractivity contribution in [2.24, 2.45) is 5.41 Å².